The molecule has 2 nitrogen and oxygen atoms in total. The van der Waals surface area contributed by atoms with Gasteiger partial charge in [-0.15, -0.1) is 0 Å². The van der Waals surface area contributed by atoms with E-state index in [4.69, 9.17) is 4.74 Å². The Labute approximate surface area is 124 Å². The molecular formula is C12H9Br2F3O2. The van der Waals surface area contributed by atoms with Gasteiger partial charge in [0.15, 0.2) is 0 Å². The van der Waals surface area contributed by atoms with E-state index < -0.39 is 32.7 Å². The molecule has 0 N–H and O–H groups in total. The lowest BCUT2D eigenvalue weighted by atomic mass is 10.0. The van der Waals surface area contributed by atoms with Gasteiger partial charge in [0.1, 0.15) is 17.5 Å². The van der Waals surface area contributed by atoms with Crippen molar-refractivity contribution >= 4 is 43.4 Å². The molecule has 0 aromatic heterocycles. The van der Waals surface area contributed by atoms with E-state index in [1.807, 2.05) is 0 Å². The number of benzene rings is 1. The zero-order valence-corrected chi connectivity index (χ0v) is 12.9. The van der Waals surface area contributed by atoms with Crippen LogP contribution in [0.2, 0.25) is 0 Å². The lowest BCUT2D eigenvalue weighted by Crippen LogP contribution is -2.11. The minimum absolute atomic E-state index is 0.0514. The van der Waals surface area contributed by atoms with Gasteiger partial charge < -0.3 is 4.74 Å². The van der Waals surface area contributed by atoms with Crippen LogP contribution in [0, 0.1) is 17.5 Å². The number of ether oxygens (including phenoxy) is 1. The second-order valence-electron chi connectivity index (χ2n) is 3.38. The highest BCUT2D eigenvalue weighted by molar-refractivity contribution is 9.24. The third kappa shape index (κ3) is 4.35. The van der Waals surface area contributed by atoms with Crippen LogP contribution in [0.1, 0.15) is 12.5 Å². The maximum absolute atomic E-state index is 13.7. The molecule has 0 unspecified atom stereocenters. The Kier molecular flexibility index (Phi) is 6.06. The highest BCUT2D eigenvalue weighted by atomic mass is 79.9. The van der Waals surface area contributed by atoms with Crippen LogP contribution in [-0.2, 0) is 9.53 Å². The van der Waals surface area contributed by atoms with Crippen molar-refractivity contribution < 1.29 is 22.7 Å². The third-order valence-corrected chi connectivity index (χ3v) is 2.59. The minimum atomic E-state index is -1.17. The van der Waals surface area contributed by atoms with Gasteiger partial charge in [-0.25, -0.2) is 18.0 Å². The fraction of sp³-hybridized carbons (Fsp3) is 0.250. The number of carbonyl (C=O) groups excluding carboxylic acids is 1. The number of allylic oxidation sites excluding steroid dienone is 1. The molecule has 1 rings (SSSR count). The van der Waals surface area contributed by atoms with Gasteiger partial charge in [-0.1, -0.05) is 31.9 Å². The second-order valence-corrected chi connectivity index (χ2v) is 6.58. The number of hydrogen-bond donors (Lipinski definition) is 0. The van der Waals surface area contributed by atoms with E-state index in [-0.39, 0.29) is 12.2 Å². The highest BCUT2D eigenvalue weighted by Gasteiger charge is 2.23. The largest absolute Gasteiger partial charge is 0.462 e. The maximum Gasteiger partial charge on any atom is 0.338 e. The molecule has 0 atom stereocenters. The molecule has 0 radical (unpaired) electrons. The summed E-state index contributed by atoms with van der Waals surface area (Å²) < 4.78 is 44.4. The molecule has 1 aromatic carbocycles. The standard InChI is InChI=1S/C12H9Br2F3O2/c1-2-19-12(18)7(5-10(13)14)11-8(16)3-6(15)4-9(11)17/h3-5,10H,2H2,1H3. The molecule has 0 saturated carbocycles. The van der Waals surface area contributed by atoms with E-state index in [0.717, 1.165) is 0 Å². The van der Waals surface area contributed by atoms with E-state index in [2.05, 4.69) is 31.9 Å². The summed E-state index contributed by atoms with van der Waals surface area (Å²) in [5.74, 6) is -4.29. The summed E-state index contributed by atoms with van der Waals surface area (Å²) in [4.78, 5) is 11.7. The molecule has 19 heavy (non-hydrogen) atoms. The van der Waals surface area contributed by atoms with Gasteiger partial charge in [0.05, 0.1) is 21.5 Å². The Morgan fingerprint density at radius 1 is 1.32 bits per heavy atom. The van der Waals surface area contributed by atoms with Crippen LogP contribution >= 0.6 is 31.9 Å². The van der Waals surface area contributed by atoms with E-state index in [1.165, 1.54) is 6.08 Å². The number of rotatable bonds is 4. The van der Waals surface area contributed by atoms with Gasteiger partial charge in [-0.2, -0.15) is 0 Å². The molecule has 7 heteroatoms. The summed E-state index contributed by atoms with van der Waals surface area (Å²) in [6, 6.07) is 1.01. The van der Waals surface area contributed by atoms with E-state index >= 15 is 0 Å². The van der Waals surface area contributed by atoms with Crippen molar-refractivity contribution in [3.63, 3.8) is 0 Å². The number of esters is 1. The van der Waals surface area contributed by atoms with Crippen molar-refractivity contribution in [2.45, 2.75) is 10.7 Å². The van der Waals surface area contributed by atoms with Gasteiger partial charge in [0, 0.05) is 12.1 Å². The number of carbonyl (C=O) groups is 1. The SMILES string of the molecule is CCOC(=O)C(=CC(Br)Br)c1c(F)cc(F)cc1F. The Morgan fingerprint density at radius 2 is 1.84 bits per heavy atom. The smallest absolute Gasteiger partial charge is 0.338 e. The summed E-state index contributed by atoms with van der Waals surface area (Å²) in [7, 11) is 0. The average molecular weight is 402 g/mol. The van der Waals surface area contributed by atoms with Crippen LogP contribution < -0.4 is 0 Å². The third-order valence-electron chi connectivity index (χ3n) is 2.06. The highest BCUT2D eigenvalue weighted by Crippen LogP contribution is 2.27. The van der Waals surface area contributed by atoms with Gasteiger partial charge in [0.25, 0.3) is 0 Å². The average Bonchev–Trinajstić information content (AvgIpc) is 2.26. The normalized spacial score (nSPS) is 11.8. The van der Waals surface area contributed by atoms with Crippen LogP contribution in [0.5, 0.6) is 0 Å². The molecule has 104 valence electrons. The Balaban J connectivity index is 3.38. The van der Waals surface area contributed by atoms with Crippen LogP contribution in [0.25, 0.3) is 5.57 Å². The zero-order valence-electron chi connectivity index (χ0n) is 9.72. The lowest BCUT2D eigenvalue weighted by molar-refractivity contribution is -0.136. The maximum atomic E-state index is 13.7. The van der Waals surface area contributed by atoms with E-state index in [1.54, 1.807) is 6.92 Å². The summed E-state index contributed by atoms with van der Waals surface area (Å²) in [6.45, 7) is 1.61. The summed E-state index contributed by atoms with van der Waals surface area (Å²) >= 11 is 6.14. The monoisotopic (exact) mass is 400 g/mol. The second kappa shape index (κ2) is 7.09. The van der Waals surface area contributed by atoms with Crippen molar-refractivity contribution in [1.82, 2.24) is 0 Å². The van der Waals surface area contributed by atoms with Crippen molar-refractivity contribution in [1.29, 1.82) is 0 Å². The van der Waals surface area contributed by atoms with Gasteiger partial charge in [-0.3, -0.25) is 0 Å². The molecular weight excluding hydrogens is 393 g/mol. The van der Waals surface area contributed by atoms with Gasteiger partial charge in [0.2, 0.25) is 0 Å². The fourth-order valence-electron chi connectivity index (χ4n) is 1.39. The topological polar surface area (TPSA) is 26.3 Å². The fourth-order valence-corrected chi connectivity index (χ4v) is 1.92. The molecule has 0 amide bonds. The minimum Gasteiger partial charge on any atom is -0.462 e. The van der Waals surface area contributed by atoms with E-state index in [0.29, 0.717) is 12.1 Å². The Hall–Kier alpha value is -0.820. The molecule has 0 aliphatic carbocycles. The van der Waals surface area contributed by atoms with Crippen LogP contribution in [-0.4, -0.2) is 16.3 Å². The lowest BCUT2D eigenvalue weighted by Gasteiger charge is -2.10. The molecule has 0 aliphatic rings. The Morgan fingerprint density at radius 3 is 2.26 bits per heavy atom. The van der Waals surface area contributed by atoms with Gasteiger partial charge >= 0.3 is 5.97 Å². The molecule has 1 aromatic rings. The first kappa shape index (κ1) is 16.2. The van der Waals surface area contributed by atoms with Gasteiger partial charge in [-0.05, 0) is 13.0 Å². The van der Waals surface area contributed by atoms with Crippen molar-refractivity contribution in [3.8, 4) is 0 Å². The Bertz CT molecular complexity index is 493. The molecule has 0 bridgehead atoms. The first-order chi connectivity index (χ1) is 8.86. The molecule has 0 fully saturated rings. The van der Waals surface area contributed by atoms with Crippen molar-refractivity contribution in [2.24, 2.45) is 0 Å². The van der Waals surface area contributed by atoms with E-state index in [9.17, 15) is 18.0 Å². The van der Waals surface area contributed by atoms with Crippen LogP contribution in [0.15, 0.2) is 18.2 Å². The zero-order chi connectivity index (χ0) is 14.6. The molecule has 0 heterocycles. The summed E-state index contributed by atoms with van der Waals surface area (Å²) in [5.41, 5.74) is -0.945. The molecule has 0 aliphatic heterocycles. The predicted molar refractivity (Wildman–Crippen MR) is 72.6 cm³/mol. The van der Waals surface area contributed by atoms with Crippen LogP contribution in [0.4, 0.5) is 13.2 Å². The first-order valence-electron chi connectivity index (χ1n) is 5.18. The number of hydrogen-bond acceptors (Lipinski definition) is 2. The number of alkyl halides is 2. The quantitative estimate of drug-likeness (QED) is 0.430. The summed E-state index contributed by atoms with van der Waals surface area (Å²) in [5, 5.41) is 0. The molecule has 0 saturated heterocycles. The first-order valence-corrected chi connectivity index (χ1v) is 7.02. The molecule has 0 spiro atoms. The van der Waals surface area contributed by atoms with Crippen molar-refractivity contribution in [2.75, 3.05) is 6.61 Å². The number of halogens is 5. The van der Waals surface area contributed by atoms with Crippen molar-refractivity contribution in [3.05, 3.63) is 41.2 Å². The van der Waals surface area contributed by atoms with Crippen LogP contribution in [0.3, 0.4) is 0 Å². The predicted octanol–water partition coefficient (Wildman–Crippen LogP) is 4.17. The summed E-state index contributed by atoms with van der Waals surface area (Å²) in [6.07, 6.45) is 1.22.